The number of unbranched alkanes of at least 4 members (excludes halogenated alkanes) is 1. The van der Waals surface area contributed by atoms with Gasteiger partial charge >= 0.3 is 0 Å². The molecule has 2 atom stereocenters. The van der Waals surface area contributed by atoms with Gasteiger partial charge in [-0.2, -0.15) is 5.21 Å². The van der Waals surface area contributed by atoms with Crippen LogP contribution in [0.4, 0.5) is 0 Å². The molecule has 0 radical (unpaired) electrons. The molecule has 1 aromatic carbocycles. The number of H-pyrrole nitrogens is 2. The number of nitrogens with zero attached hydrogens (tertiary/aromatic N) is 5. The van der Waals surface area contributed by atoms with Crippen LogP contribution in [-0.4, -0.2) is 35.2 Å². The number of benzene rings is 1. The van der Waals surface area contributed by atoms with Crippen LogP contribution < -0.4 is 0 Å². The number of rotatable bonds is 9. The molecule has 2 N–H and O–H groups in total. The van der Waals surface area contributed by atoms with Gasteiger partial charge in [-0.15, -0.1) is 10.2 Å². The fourth-order valence-electron chi connectivity index (χ4n) is 4.44. The van der Waals surface area contributed by atoms with Crippen LogP contribution in [0.5, 0.6) is 0 Å². The van der Waals surface area contributed by atoms with Crippen molar-refractivity contribution in [2.75, 3.05) is 0 Å². The fourth-order valence-corrected chi connectivity index (χ4v) is 4.44. The molecule has 4 aromatic rings. The normalized spacial score (nSPS) is 19.0. The first-order chi connectivity index (χ1) is 16.2. The Bertz CT molecular complexity index is 1220. The van der Waals surface area contributed by atoms with E-state index in [0.717, 1.165) is 47.4 Å². The predicted molar refractivity (Wildman–Crippen MR) is 126 cm³/mol. The maximum atomic E-state index is 6.03. The highest BCUT2D eigenvalue weighted by Crippen LogP contribution is 2.42. The van der Waals surface area contributed by atoms with Gasteiger partial charge in [0.2, 0.25) is 0 Å². The van der Waals surface area contributed by atoms with E-state index in [2.05, 4.69) is 80.7 Å². The number of aromatic nitrogens is 7. The monoisotopic (exact) mass is 443 g/mol. The molecule has 8 nitrogen and oxygen atoms in total. The number of hydrogen-bond acceptors (Lipinski definition) is 5. The van der Waals surface area contributed by atoms with Gasteiger partial charge in [-0.25, -0.2) is 4.98 Å². The van der Waals surface area contributed by atoms with Crippen LogP contribution in [0.2, 0.25) is 0 Å². The summed E-state index contributed by atoms with van der Waals surface area (Å²) >= 11 is 0. The number of ether oxygens (including phenoxy) is 1. The molecule has 3 aromatic heterocycles. The Hall–Kier alpha value is -3.68. The summed E-state index contributed by atoms with van der Waals surface area (Å²) in [6.45, 7) is 4.91. The van der Waals surface area contributed by atoms with Gasteiger partial charge in [-0.1, -0.05) is 55.0 Å². The summed E-state index contributed by atoms with van der Waals surface area (Å²) in [5.41, 5.74) is 2.73. The summed E-state index contributed by atoms with van der Waals surface area (Å²) in [5.74, 6) is 2.57. The summed E-state index contributed by atoms with van der Waals surface area (Å²) in [5, 5.41) is 15.2. The maximum absolute atomic E-state index is 6.03. The van der Waals surface area contributed by atoms with Crippen LogP contribution in [0.1, 0.15) is 56.4 Å². The Morgan fingerprint density at radius 2 is 2.09 bits per heavy atom. The minimum atomic E-state index is -0.450. The number of hydrogen-bond donors (Lipinski definition) is 2. The minimum absolute atomic E-state index is 0.0416. The average molecular weight is 444 g/mol. The SMILES string of the molecule is CCCCc1nc2cn(C(C)C3(c4nn[nH]n4)C=CC(OCc4ccccc4)=CC3)cc2[nH]1. The summed E-state index contributed by atoms with van der Waals surface area (Å²) in [6.07, 6.45) is 14.5. The van der Waals surface area contributed by atoms with E-state index in [0.29, 0.717) is 18.9 Å². The van der Waals surface area contributed by atoms with E-state index < -0.39 is 5.41 Å². The highest BCUT2D eigenvalue weighted by molar-refractivity contribution is 5.74. The van der Waals surface area contributed by atoms with Gasteiger partial charge in [0.1, 0.15) is 23.7 Å². The van der Waals surface area contributed by atoms with Crippen molar-refractivity contribution in [2.24, 2.45) is 0 Å². The van der Waals surface area contributed by atoms with Crippen molar-refractivity contribution in [3.63, 3.8) is 0 Å². The number of aromatic amines is 2. The molecule has 33 heavy (non-hydrogen) atoms. The first kappa shape index (κ1) is 21.2. The summed E-state index contributed by atoms with van der Waals surface area (Å²) < 4.78 is 8.23. The zero-order valence-corrected chi connectivity index (χ0v) is 19.0. The lowest BCUT2D eigenvalue weighted by atomic mass is 9.74. The van der Waals surface area contributed by atoms with E-state index in [4.69, 9.17) is 9.72 Å². The van der Waals surface area contributed by atoms with Gasteiger partial charge in [0.25, 0.3) is 0 Å². The Balaban J connectivity index is 1.37. The Kier molecular flexibility index (Phi) is 5.81. The maximum Gasteiger partial charge on any atom is 0.186 e. The van der Waals surface area contributed by atoms with Crippen molar-refractivity contribution in [3.8, 4) is 0 Å². The number of imidazole rings is 1. The zero-order valence-electron chi connectivity index (χ0n) is 19.0. The van der Waals surface area contributed by atoms with Crippen LogP contribution in [0.25, 0.3) is 11.0 Å². The van der Waals surface area contributed by atoms with Crippen molar-refractivity contribution in [1.29, 1.82) is 0 Å². The van der Waals surface area contributed by atoms with Crippen molar-refractivity contribution < 1.29 is 4.74 Å². The lowest BCUT2D eigenvalue weighted by Crippen LogP contribution is -2.35. The molecule has 0 saturated heterocycles. The Morgan fingerprint density at radius 1 is 1.21 bits per heavy atom. The van der Waals surface area contributed by atoms with E-state index in [1.54, 1.807) is 0 Å². The second-order valence-electron chi connectivity index (χ2n) is 8.66. The van der Waals surface area contributed by atoms with E-state index >= 15 is 0 Å². The second-order valence-corrected chi connectivity index (χ2v) is 8.66. The second kappa shape index (κ2) is 9.05. The van der Waals surface area contributed by atoms with Crippen LogP contribution in [-0.2, 0) is 23.2 Å². The predicted octanol–water partition coefficient (Wildman–Crippen LogP) is 4.78. The van der Waals surface area contributed by atoms with Gasteiger partial charge in [0, 0.05) is 24.9 Å². The van der Waals surface area contributed by atoms with Gasteiger partial charge in [0.05, 0.1) is 10.9 Å². The molecule has 0 fully saturated rings. The molecular weight excluding hydrogens is 414 g/mol. The average Bonchev–Trinajstić information content (AvgIpc) is 3.59. The van der Waals surface area contributed by atoms with Gasteiger partial charge < -0.3 is 14.3 Å². The van der Waals surface area contributed by atoms with Crippen molar-refractivity contribution in [3.05, 3.63) is 83.9 Å². The molecule has 0 amide bonds. The molecule has 170 valence electrons. The molecule has 5 rings (SSSR count). The molecule has 1 aliphatic carbocycles. The highest BCUT2D eigenvalue weighted by Gasteiger charge is 2.41. The fraction of sp³-hybridized carbons (Fsp3) is 0.360. The van der Waals surface area contributed by atoms with Gasteiger partial charge in [0.15, 0.2) is 5.82 Å². The smallest absolute Gasteiger partial charge is 0.186 e. The van der Waals surface area contributed by atoms with Gasteiger partial charge in [-0.05, 0) is 37.5 Å². The van der Waals surface area contributed by atoms with Crippen molar-refractivity contribution >= 4 is 11.0 Å². The molecule has 8 heteroatoms. The van der Waals surface area contributed by atoms with Gasteiger partial charge in [-0.3, -0.25) is 0 Å². The number of fused-ring (bicyclic) bond motifs is 1. The number of tetrazole rings is 1. The summed E-state index contributed by atoms with van der Waals surface area (Å²) in [4.78, 5) is 8.24. The quantitative estimate of drug-likeness (QED) is 0.388. The minimum Gasteiger partial charge on any atom is -0.489 e. The molecule has 0 aliphatic heterocycles. The number of nitrogens with one attached hydrogen (secondary N) is 2. The zero-order chi connectivity index (χ0) is 22.7. The van der Waals surface area contributed by atoms with Crippen LogP contribution in [0, 0.1) is 0 Å². The van der Waals surface area contributed by atoms with Crippen LogP contribution in [0.3, 0.4) is 0 Å². The summed E-state index contributed by atoms with van der Waals surface area (Å²) in [6, 6.07) is 10.2. The Morgan fingerprint density at radius 3 is 2.79 bits per heavy atom. The standard InChI is InChI=1S/C25H29N7O/c1-3-4-10-23-26-21-15-32(16-22(21)27-23)18(2)25(24-28-30-31-29-24)13-11-20(12-14-25)33-17-19-8-6-5-7-9-19/h5-9,11-13,15-16,18H,3-4,10,14,17H2,1-2H3,(H,26,27)(H,28,29,30,31). The highest BCUT2D eigenvalue weighted by atomic mass is 16.5. The van der Waals surface area contributed by atoms with E-state index in [1.807, 2.05) is 24.3 Å². The molecule has 1 aliphatic rings. The molecule has 0 saturated carbocycles. The van der Waals surface area contributed by atoms with Crippen LogP contribution in [0.15, 0.2) is 66.7 Å². The molecular formula is C25H29N7O. The molecule has 0 spiro atoms. The summed E-state index contributed by atoms with van der Waals surface area (Å²) in [7, 11) is 0. The topological polar surface area (TPSA) is 97.3 Å². The molecule has 0 bridgehead atoms. The van der Waals surface area contributed by atoms with E-state index in [-0.39, 0.29) is 6.04 Å². The lowest BCUT2D eigenvalue weighted by Gasteiger charge is -2.35. The third kappa shape index (κ3) is 4.20. The van der Waals surface area contributed by atoms with Crippen molar-refractivity contribution in [1.82, 2.24) is 35.2 Å². The third-order valence-corrected chi connectivity index (χ3v) is 6.52. The lowest BCUT2D eigenvalue weighted by molar-refractivity contribution is 0.204. The molecule has 3 heterocycles. The number of allylic oxidation sites excluding steroid dienone is 3. The van der Waals surface area contributed by atoms with Crippen molar-refractivity contribution in [2.45, 2.75) is 57.6 Å². The Labute approximate surface area is 192 Å². The first-order valence-corrected chi connectivity index (χ1v) is 11.5. The van der Waals surface area contributed by atoms with Crippen LogP contribution >= 0.6 is 0 Å². The number of aryl methyl sites for hydroxylation is 1. The third-order valence-electron chi connectivity index (χ3n) is 6.52. The molecule has 2 unspecified atom stereocenters. The largest absolute Gasteiger partial charge is 0.489 e. The van der Waals surface area contributed by atoms with E-state index in [9.17, 15) is 0 Å². The van der Waals surface area contributed by atoms with E-state index in [1.165, 1.54) is 0 Å². The first-order valence-electron chi connectivity index (χ1n) is 11.5.